The van der Waals surface area contributed by atoms with Gasteiger partial charge in [-0.1, -0.05) is 30.3 Å². The van der Waals surface area contributed by atoms with E-state index in [0.717, 1.165) is 4.90 Å². The monoisotopic (exact) mass is 596 g/mol. The first-order valence-electron chi connectivity index (χ1n) is 13.1. The average molecular weight is 597 g/mol. The van der Waals surface area contributed by atoms with Gasteiger partial charge in [0.25, 0.3) is 17.5 Å². The summed E-state index contributed by atoms with van der Waals surface area (Å²) in [5.41, 5.74) is 1.15. The van der Waals surface area contributed by atoms with E-state index in [9.17, 15) is 24.5 Å². The third-order valence-electron chi connectivity index (χ3n) is 6.11. The summed E-state index contributed by atoms with van der Waals surface area (Å²) in [4.78, 5) is 50.6. The Hall–Kier alpha value is -5.42. The van der Waals surface area contributed by atoms with Gasteiger partial charge in [0.05, 0.1) is 22.8 Å². The molecule has 0 saturated heterocycles. The zero-order valence-corrected chi connectivity index (χ0v) is 24.1. The number of benzene rings is 4. The zero-order valence-electron chi connectivity index (χ0n) is 23.3. The predicted octanol–water partition coefficient (Wildman–Crippen LogP) is 6.13. The molecular formula is C32H28N4O6S. The highest BCUT2D eigenvalue weighted by molar-refractivity contribution is 8.00. The molecule has 0 fully saturated rings. The minimum Gasteiger partial charge on any atom is -0.497 e. The second-order valence-electron chi connectivity index (χ2n) is 9.15. The summed E-state index contributed by atoms with van der Waals surface area (Å²) in [6.07, 6.45) is 1.27. The van der Waals surface area contributed by atoms with Crippen LogP contribution in [0.5, 0.6) is 5.75 Å². The Kier molecular flexibility index (Phi) is 10.3. The number of nitro benzene ring substituents is 1. The Labute approximate surface area is 252 Å². The van der Waals surface area contributed by atoms with Crippen LogP contribution in [0.1, 0.15) is 22.8 Å². The normalized spacial score (nSPS) is 11.6. The first-order valence-corrected chi connectivity index (χ1v) is 14.0. The van der Waals surface area contributed by atoms with Gasteiger partial charge in [0.2, 0.25) is 5.91 Å². The van der Waals surface area contributed by atoms with Crippen LogP contribution >= 0.6 is 11.8 Å². The van der Waals surface area contributed by atoms with Gasteiger partial charge >= 0.3 is 0 Å². The Morgan fingerprint density at radius 2 is 1.44 bits per heavy atom. The van der Waals surface area contributed by atoms with Gasteiger partial charge in [0.1, 0.15) is 11.4 Å². The summed E-state index contributed by atoms with van der Waals surface area (Å²) in [5.74, 6) is -0.703. The van der Waals surface area contributed by atoms with Crippen molar-refractivity contribution in [2.75, 3.05) is 17.7 Å². The van der Waals surface area contributed by atoms with Crippen molar-refractivity contribution in [2.24, 2.45) is 0 Å². The lowest BCUT2D eigenvalue weighted by Crippen LogP contribution is -2.30. The van der Waals surface area contributed by atoms with Crippen molar-refractivity contribution in [3.05, 3.63) is 130 Å². The Morgan fingerprint density at radius 1 is 0.837 bits per heavy atom. The second-order valence-corrected chi connectivity index (χ2v) is 10.6. The molecule has 0 aliphatic carbocycles. The van der Waals surface area contributed by atoms with E-state index in [2.05, 4.69) is 16.0 Å². The van der Waals surface area contributed by atoms with E-state index in [1.165, 1.54) is 36.0 Å². The zero-order chi connectivity index (χ0) is 30.8. The maximum absolute atomic E-state index is 13.3. The molecule has 0 spiro atoms. The summed E-state index contributed by atoms with van der Waals surface area (Å²) in [6.45, 7) is 1.79. The lowest BCUT2D eigenvalue weighted by Gasteiger charge is -2.14. The maximum atomic E-state index is 13.3. The van der Waals surface area contributed by atoms with Crippen molar-refractivity contribution >= 4 is 52.6 Å². The van der Waals surface area contributed by atoms with Gasteiger partial charge < -0.3 is 20.7 Å². The smallest absolute Gasteiger partial charge is 0.276 e. The fourth-order valence-electron chi connectivity index (χ4n) is 3.86. The number of nitro groups is 1. The standard InChI is InChI=1S/C32H28N4O6S/c1-21(30(37)33-24-12-16-26(42-2)17-13-24)43-27-18-14-25(15-19-27)34-32(39)28(35-31(38)22-8-4-3-5-9-22)20-23-10-6-7-11-29(23)36(40)41/h3-21H,1-2H3,(H,33,37)(H,34,39)(H,35,38)/b28-20-. The van der Waals surface area contributed by atoms with Crippen molar-refractivity contribution < 1.29 is 24.0 Å². The van der Waals surface area contributed by atoms with Crippen LogP contribution in [0, 0.1) is 10.1 Å². The highest BCUT2D eigenvalue weighted by Crippen LogP contribution is 2.27. The summed E-state index contributed by atoms with van der Waals surface area (Å²) in [5, 5.41) is 19.3. The van der Waals surface area contributed by atoms with Gasteiger partial charge in [-0.3, -0.25) is 24.5 Å². The van der Waals surface area contributed by atoms with E-state index >= 15 is 0 Å². The number of carbonyl (C=O) groups is 3. The molecule has 3 amide bonds. The van der Waals surface area contributed by atoms with Crippen LogP contribution in [0.25, 0.3) is 6.08 Å². The van der Waals surface area contributed by atoms with Gasteiger partial charge in [0, 0.05) is 27.9 Å². The molecule has 0 aromatic heterocycles. The number of methoxy groups -OCH3 is 1. The van der Waals surface area contributed by atoms with E-state index < -0.39 is 22.0 Å². The molecule has 0 heterocycles. The van der Waals surface area contributed by atoms with Crippen LogP contribution < -0.4 is 20.7 Å². The molecule has 0 saturated carbocycles. The number of ether oxygens (including phenoxy) is 1. The molecule has 1 atom stereocenters. The third-order valence-corrected chi connectivity index (χ3v) is 7.23. The number of nitrogens with one attached hydrogen (secondary N) is 3. The molecule has 0 aliphatic rings. The summed E-state index contributed by atoms with van der Waals surface area (Å²) in [6, 6.07) is 28.1. The predicted molar refractivity (Wildman–Crippen MR) is 167 cm³/mol. The van der Waals surface area contributed by atoms with Crippen molar-refractivity contribution in [2.45, 2.75) is 17.1 Å². The molecule has 43 heavy (non-hydrogen) atoms. The topological polar surface area (TPSA) is 140 Å². The van der Waals surface area contributed by atoms with Crippen LogP contribution in [0.15, 0.2) is 114 Å². The van der Waals surface area contributed by atoms with E-state index in [1.54, 1.807) is 99.0 Å². The first-order chi connectivity index (χ1) is 20.7. The fraction of sp³-hybridized carbons (Fsp3) is 0.0938. The number of rotatable bonds is 11. The minimum absolute atomic E-state index is 0.152. The molecule has 0 radical (unpaired) electrons. The number of amides is 3. The number of thioether (sulfide) groups is 1. The molecule has 0 bridgehead atoms. The lowest BCUT2D eigenvalue weighted by atomic mass is 10.1. The molecular weight excluding hydrogens is 568 g/mol. The van der Waals surface area contributed by atoms with Crippen molar-refractivity contribution in [1.82, 2.24) is 5.32 Å². The molecule has 10 nitrogen and oxygen atoms in total. The number of hydrogen-bond donors (Lipinski definition) is 3. The van der Waals surface area contributed by atoms with Crippen LogP contribution in [0.4, 0.5) is 17.1 Å². The van der Waals surface area contributed by atoms with Crippen molar-refractivity contribution in [3.8, 4) is 5.75 Å². The van der Waals surface area contributed by atoms with Crippen LogP contribution in [0.2, 0.25) is 0 Å². The quantitative estimate of drug-likeness (QED) is 0.0819. The fourth-order valence-corrected chi connectivity index (χ4v) is 4.73. The van der Waals surface area contributed by atoms with E-state index in [4.69, 9.17) is 4.74 Å². The summed E-state index contributed by atoms with van der Waals surface area (Å²) >= 11 is 1.34. The molecule has 3 N–H and O–H groups in total. The second kappa shape index (κ2) is 14.5. The number of para-hydroxylation sites is 1. The highest BCUT2D eigenvalue weighted by Gasteiger charge is 2.19. The van der Waals surface area contributed by atoms with Gasteiger partial charge in [-0.15, -0.1) is 11.8 Å². The number of hydrogen-bond acceptors (Lipinski definition) is 7. The first kappa shape index (κ1) is 30.5. The molecule has 1 unspecified atom stereocenters. The third kappa shape index (κ3) is 8.54. The van der Waals surface area contributed by atoms with E-state index in [0.29, 0.717) is 22.7 Å². The Bertz CT molecular complexity index is 1640. The molecule has 0 aliphatic heterocycles. The van der Waals surface area contributed by atoms with Gasteiger partial charge in [-0.25, -0.2) is 0 Å². The lowest BCUT2D eigenvalue weighted by molar-refractivity contribution is -0.385. The van der Waals surface area contributed by atoms with E-state index in [1.807, 2.05) is 0 Å². The van der Waals surface area contributed by atoms with Crippen molar-refractivity contribution in [1.29, 1.82) is 0 Å². The summed E-state index contributed by atoms with van der Waals surface area (Å²) < 4.78 is 5.13. The van der Waals surface area contributed by atoms with Crippen LogP contribution in [-0.4, -0.2) is 35.0 Å². The molecule has 218 valence electrons. The SMILES string of the molecule is COc1ccc(NC(=O)C(C)Sc2ccc(NC(=O)/C(=C/c3ccccc3[N+](=O)[O-])NC(=O)c3ccccc3)cc2)cc1. The summed E-state index contributed by atoms with van der Waals surface area (Å²) in [7, 11) is 1.57. The van der Waals surface area contributed by atoms with Crippen LogP contribution in [0.3, 0.4) is 0 Å². The van der Waals surface area contributed by atoms with E-state index in [-0.39, 0.29) is 22.9 Å². The maximum Gasteiger partial charge on any atom is 0.276 e. The molecule has 11 heteroatoms. The van der Waals surface area contributed by atoms with Gasteiger partial charge in [-0.2, -0.15) is 0 Å². The molecule has 4 aromatic rings. The largest absolute Gasteiger partial charge is 0.497 e. The highest BCUT2D eigenvalue weighted by atomic mass is 32.2. The Morgan fingerprint density at radius 3 is 2.09 bits per heavy atom. The number of carbonyl (C=O) groups excluding carboxylic acids is 3. The number of anilines is 2. The average Bonchev–Trinajstić information content (AvgIpc) is 3.02. The molecule has 4 rings (SSSR count). The number of nitrogens with zero attached hydrogens (tertiary/aromatic N) is 1. The van der Waals surface area contributed by atoms with Gasteiger partial charge in [0.15, 0.2) is 0 Å². The molecule has 4 aromatic carbocycles. The minimum atomic E-state index is -0.671. The van der Waals surface area contributed by atoms with Crippen molar-refractivity contribution in [3.63, 3.8) is 0 Å². The van der Waals surface area contributed by atoms with Crippen LogP contribution in [-0.2, 0) is 9.59 Å². The Balaban J connectivity index is 1.46. The van der Waals surface area contributed by atoms with Gasteiger partial charge in [-0.05, 0) is 79.7 Å².